The number of hydrogen-bond donors (Lipinski definition) is 1. The minimum absolute atomic E-state index is 0.0510. The second-order valence-corrected chi connectivity index (χ2v) is 7.60. The van der Waals surface area contributed by atoms with Gasteiger partial charge in [0.05, 0.1) is 0 Å². The third kappa shape index (κ3) is 6.52. The zero-order valence-corrected chi connectivity index (χ0v) is 18.0. The maximum absolute atomic E-state index is 12.1. The quantitative estimate of drug-likeness (QED) is 0.544. The maximum Gasteiger partial charge on any atom is 0.349 e. The zero-order valence-electron chi connectivity index (χ0n) is 18.0. The lowest BCUT2D eigenvalue weighted by molar-refractivity contribution is -0.136. The average Bonchev–Trinajstić information content (AvgIpc) is 2.66. The fourth-order valence-electron chi connectivity index (χ4n) is 2.63. The summed E-state index contributed by atoms with van der Waals surface area (Å²) in [5.41, 5.74) is 2.81. The normalized spacial score (nSPS) is 10.8. The molecule has 0 saturated carbocycles. The van der Waals surface area contributed by atoms with Gasteiger partial charge in [0, 0.05) is 18.8 Å². The van der Waals surface area contributed by atoms with E-state index in [0.29, 0.717) is 23.1 Å². The highest BCUT2D eigenvalue weighted by Crippen LogP contribution is 2.24. The molecule has 0 bridgehead atoms. The number of rotatable bonds is 7. The summed E-state index contributed by atoms with van der Waals surface area (Å²) in [7, 11) is 1.68. The van der Waals surface area contributed by atoms with Crippen LogP contribution in [-0.4, -0.2) is 31.7 Å². The van der Waals surface area contributed by atoms with E-state index in [9.17, 15) is 9.59 Å². The van der Waals surface area contributed by atoms with Crippen molar-refractivity contribution in [3.63, 3.8) is 0 Å². The second kappa shape index (κ2) is 9.96. The van der Waals surface area contributed by atoms with Gasteiger partial charge in [0.15, 0.2) is 6.61 Å². The molecule has 0 fully saturated rings. The molecular weight excluding hydrogens is 368 g/mol. The van der Waals surface area contributed by atoms with Gasteiger partial charge in [-0.15, -0.1) is 0 Å². The molecule has 2 aromatic carbocycles. The number of carbonyl (C=O) groups excluding carboxylic acids is 2. The first-order valence-corrected chi connectivity index (χ1v) is 9.75. The number of nitrogens with zero attached hydrogens (tertiary/aromatic N) is 1. The van der Waals surface area contributed by atoms with Crippen LogP contribution in [0.15, 0.2) is 42.5 Å². The summed E-state index contributed by atoms with van der Waals surface area (Å²) in [6, 6.07) is 12.6. The number of urea groups is 1. The number of esters is 1. The summed E-state index contributed by atoms with van der Waals surface area (Å²) >= 11 is 0. The third-order valence-corrected chi connectivity index (χ3v) is 4.40. The summed E-state index contributed by atoms with van der Waals surface area (Å²) in [5.74, 6) is 0.969. The topological polar surface area (TPSA) is 67.9 Å². The molecule has 0 atom stereocenters. The van der Waals surface area contributed by atoms with Gasteiger partial charge in [0.1, 0.15) is 11.5 Å². The Morgan fingerprint density at radius 2 is 1.69 bits per heavy atom. The molecule has 2 aromatic rings. The molecule has 0 aliphatic heterocycles. The van der Waals surface area contributed by atoms with Crippen LogP contribution < -0.4 is 19.7 Å². The molecule has 2 amide bonds. The van der Waals surface area contributed by atoms with Crippen LogP contribution in [0, 0.1) is 6.92 Å². The second-order valence-electron chi connectivity index (χ2n) is 7.60. The van der Waals surface area contributed by atoms with E-state index >= 15 is 0 Å². The zero-order chi connectivity index (χ0) is 21.6. The Hall–Kier alpha value is -3.02. The molecule has 0 aliphatic rings. The lowest BCUT2D eigenvalue weighted by Gasteiger charge is -2.20. The smallest absolute Gasteiger partial charge is 0.349 e. The molecular formula is C23H30N2O4. The van der Waals surface area contributed by atoms with Crippen molar-refractivity contribution in [3.05, 3.63) is 53.6 Å². The summed E-state index contributed by atoms with van der Waals surface area (Å²) in [5, 5.41) is 2.82. The molecule has 6 heteroatoms. The highest BCUT2D eigenvalue weighted by Gasteiger charge is 2.13. The van der Waals surface area contributed by atoms with Gasteiger partial charge < -0.3 is 14.8 Å². The minimum Gasteiger partial charge on any atom is -0.482 e. The lowest BCUT2D eigenvalue weighted by Crippen LogP contribution is -2.40. The van der Waals surface area contributed by atoms with Crippen molar-refractivity contribution in [2.75, 3.05) is 18.6 Å². The van der Waals surface area contributed by atoms with Gasteiger partial charge in [-0.05, 0) is 68.1 Å². The molecule has 6 nitrogen and oxygen atoms in total. The monoisotopic (exact) mass is 398 g/mol. The molecule has 0 spiro atoms. The first-order valence-electron chi connectivity index (χ1n) is 9.75. The van der Waals surface area contributed by atoms with Gasteiger partial charge in [-0.2, -0.15) is 0 Å². The molecule has 0 radical (unpaired) electrons. The summed E-state index contributed by atoms with van der Waals surface area (Å²) < 4.78 is 11.0. The van der Waals surface area contributed by atoms with E-state index in [1.807, 2.05) is 32.9 Å². The Bertz CT molecular complexity index is 844. The van der Waals surface area contributed by atoms with E-state index in [-0.39, 0.29) is 18.7 Å². The van der Waals surface area contributed by atoms with Crippen molar-refractivity contribution in [1.29, 1.82) is 0 Å². The predicted molar refractivity (Wildman–Crippen MR) is 115 cm³/mol. The Morgan fingerprint density at radius 1 is 1.03 bits per heavy atom. The standard InChI is InChI=1S/C23H30N2O4/c1-15(2)18-8-7-17(5)21(13-18)28-14-22(26)29-20-11-9-19(10-12-20)25(6)23(27)24-16(3)4/h7-13,15-16H,14H2,1-6H3,(H,24,27). The summed E-state index contributed by atoms with van der Waals surface area (Å²) in [6.45, 7) is 9.77. The average molecular weight is 399 g/mol. The number of benzene rings is 2. The number of ether oxygens (including phenoxy) is 2. The molecule has 0 aromatic heterocycles. The number of aryl methyl sites for hydroxylation is 1. The van der Waals surface area contributed by atoms with Crippen LogP contribution in [0.1, 0.15) is 44.7 Å². The van der Waals surface area contributed by atoms with E-state index in [1.54, 1.807) is 31.3 Å². The van der Waals surface area contributed by atoms with E-state index in [1.165, 1.54) is 4.90 Å². The fraction of sp³-hybridized carbons (Fsp3) is 0.391. The largest absolute Gasteiger partial charge is 0.482 e. The number of carbonyl (C=O) groups is 2. The first kappa shape index (κ1) is 22.3. The summed E-state index contributed by atoms with van der Waals surface area (Å²) in [6.07, 6.45) is 0. The molecule has 156 valence electrons. The number of anilines is 1. The minimum atomic E-state index is -0.488. The van der Waals surface area contributed by atoms with E-state index in [2.05, 4.69) is 25.2 Å². The fourth-order valence-corrected chi connectivity index (χ4v) is 2.63. The molecule has 0 aliphatic carbocycles. The van der Waals surface area contributed by atoms with Gasteiger partial charge in [-0.1, -0.05) is 26.0 Å². The molecule has 1 N–H and O–H groups in total. The highest BCUT2D eigenvalue weighted by atomic mass is 16.6. The van der Waals surface area contributed by atoms with Crippen LogP contribution in [0.4, 0.5) is 10.5 Å². The number of nitrogens with one attached hydrogen (secondary N) is 1. The number of hydrogen-bond acceptors (Lipinski definition) is 4. The molecule has 0 saturated heterocycles. The van der Waals surface area contributed by atoms with Crippen LogP contribution in [0.3, 0.4) is 0 Å². The van der Waals surface area contributed by atoms with E-state index in [0.717, 1.165) is 11.1 Å². The third-order valence-electron chi connectivity index (χ3n) is 4.40. The van der Waals surface area contributed by atoms with Crippen LogP contribution in [-0.2, 0) is 4.79 Å². The van der Waals surface area contributed by atoms with Crippen molar-refractivity contribution in [2.45, 2.75) is 46.6 Å². The van der Waals surface area contributed by atoms with Crippen molar-refractivity contribution in [1.82, 2.24) is 5.32 Å². The van der Waals surface area contributed by atoms with Gasteiger partial charge in [0.2, 0.25) is 0 Å². The molecule has 29 heavy (non-hydrogen) atoms. The van der Waals surface area contributed by atoms with Crippen LogP contribution in [0.5, 0.6) is 11.5 Å². The van der Waals surface area contributed by atoms with E-state index < -0.39 is 5.97 Å². The SMILES string of the molecule is Cc1ccc(C(C)C)cc1OCC(=O)Oc1ccc(N(C)C(=O)NC(C)C)cc1. The van der Waals surface area contributed by atoms with Crippen LogP contribution >= 0.6 is 0 Å². The predicted octanol–water partition coefficient (Wildman–Crippen LogP) is 4.66. The Kier molecular flexibility index (Phi) is 7.65. The van der Waals surface area contributed by atoms with Gasteiger partial charge in [-0.3, -0.25) is 4.90 Å². The maximum atomic E-state index is 12.1. The van der Waals surface area contributed by atoms with Crippen molar-refractivity contribution in [2.24, 2.45) is 0 Å². The lowest BCUT2D eigenvalue weighted by atomic mass is 10.0. The first-order chi connectivity index (χ1) is 13.7. The van der Waals surface area contributed by atoms with Gasteiger partial charge in [0.25, 0.3) is 0 Å². The van der Waals surface area contributed by atoms with Crippen molar-refractivity contribution < 1.29 is 19.1 Å². The highest BCUT2D eigenvalue weighted by molar-refractivity contribution is 5.91. The molecule has 2 rings (SSSR count). The Morgan fingerprint density at radius 3 is 2.28 bits per heavy atom. The molecule has 0 unspecified atom stereocenters. The van der Waals surface area contributed by atoms with Gasteiger partial charge in [-0.25, -0.2) is 9.59 Å². The van der Waals surface area contributed by atoms with Gasteiger partial charge >= 0.3 is 12.0 Å². The number of amides is 2. The van der Waals surface area contributed by atoms with E-state index in [4.69, 9.17) is 9.47 Å². The van der Waals surface area contributed by atoms with Crippen molar-refractivity contribution in [3.8, 4) is 11.5 Å². The molecule has 0 heterocycles. The summed E-state index contributed by atoms with van der Waals surface area (Å²) in [4.78, 5) is 25.7. The Labute approximate surface area is 172 Å². The van der Waals surface area contributed by atoms with Crippen LogP contribution in [0.25, 0.3) is 0 Å². The Balaban J connectivity index is 1.93. The van der Waals surface area contributed by atoms with Crippen molar-refractivity contribution >= 4 is 17.7 Å². The van der Waals surface area contributed by atoms with Crippen LogP contribution in [0.2, 0.25) is 0 Å².